The fourth-order valence-electron chi connectivity index (χ4n) is 1.02. The smallest absolute Gasteiger partial charge is 0.223 e. The second-order valence-electron chi connectivity index (χ2n) is 2.48. The van der Waals surface area contributed by atoms with Gasteiger partial charge in [0.25, 0.3) is 0 Å². The lowest BCUT2D eigenvalue weighted by atomic mass is 10.4. The molecule has 0 saturated heterocycles. The summed E-state index contributed by atoms with van der Waals surface area (Å²) in [5.74, 6) is 0.580. The standard InChI is InChI=1S/C8H7ClN4/c1-10-8-11-4-6-5(13-8)2-3-7(9)12-6/h2-4H,1H3,(H,10,11,13). The molecule has 0 aliphatic rings. The van der Waals surface area contributed by atoms with E-state index in [1.54, 1.807) is 19.3 Å². The van der Waals surface area contributed by atoms with Gasteiger partial charge in [0, 0.05) is 7.05 Å². The molecule has 5 heteroatoms. The number of anilines is 1. The summed E-state index contributed by atoms with van der Waals surface area (Å²) in [7, 11) is 1.77. The van der Waals surface area contributed by atoms with Gasteiger partial charge in [0.05, 0.1) is 11.7 Å². The van der Waals surface area contributed by atoms with Gasteiger partial charge in [-0.25, -0.2) is 15.0 Å². The zero-order valence-electron chi connectivity index (χ0n) is 6.95. The van der Waals surface area contributed by atoms with Gasteiger partial charge in [0.1, 0.15) is 10.7 Å². The SMILES string of the molecule is CNc1ncc2nc(Cl)ccc2n1. The number of halogens is 1. The van der Waals surface area contributed by atoms with Crippen molar-refractivity contribution >= 4 is 28.6 Å². The number of pyridine rings is 1. The van der Waals surface area contributed by atoms with Crippen LogP contribution in [0, 0.1) is 0 Å². The normalized spacial score (nSPS) is 10.3. The molecule has 0 aromatic carbocycles. The molecular formula is C8H7ClN4. The zero-order valence-corrected chi connectivity index (χ0v) is 7.71. The van der Waals surface area contributed by atoms with E-state index in [4.69, 9.17) is 11.6 Å². The van der Waals surface area contributed by atoms with Crippen LogP contribution in [0.3, 0.4) is 0 Å². The number of nitrogens with one attached hydrogen (secondary N) is 1. The van der Waals surface area contributed by atoms with Crippen molar-refractivity contribution in [1.29, 1.82) is 0 Å². The topological polar surface area (TPSA) is 50.7 Å². The summed E-state index contributed by atoms with van der Waals surface area (Å²) in [6.07, 6.45) is 1.64. The molecule has 1 N–H and O–H groups in total. The van der Waals surface area contributed by atoms with Crippen molar-refractivity contribution in [2.45, 2.75) is 0 Å². The highest BCUT2D eigenvalue weighted by atomic mass is 35.5. The molecule has 0 amide bonds. The summed E-state index contributed by atoms with van der Waals surface area (Å²) in [5.41, 5.74) is 1.48. The average Bonchev–Trinajstić information content (AvgIpc) is 2.17. The van der Waals surface area contributed by atoms with Gasteiger partial charge in [-0.3, -0.25) is 0 Å². The van der Waals surface area contributed by atoms with Gasteiger partial charge >= 0.3 is 0 Å². The third-order valence-electron chi connectivity index (χ3n) is 1.63. The van der Waals surface area contributed by atoms with Gasteiger partial charge in [-0.05, 0) is 12.1 Å². The molecule has 4 nitrogen and oxygen atoms in total. The Morgan fingerprint density at radius 1 is 1.23 bits per heavy atom. The Hall–Kier alpha value is -1.42. The third kappa shape index (κ3) is 1.53. The van der Waals surface area contributed by atoms with Crippen molar-refractivity contribution in [3.8, 4) is 0 Å². The van der Waals surface area contributed by atoms with E-state index >= 15 is 0 Å². The maximum absolute atomic E-state index is 5.71. The minimum absolute atomic E-state index is 0.452. The fourth-order valence-corrected chi connectivity index (χ4v) is 1.17. The number of fused-ring (bicyclic) bond motifs is 1. The van der Waals surface area contributed by atoms with Crippen LogP contribution in [0.2, 0.25) is 5.15 Å². The van der Waals surface area contributed by atoms with E-state index in [-0.39, 0.29) is 0 Å². The van der Waals surface area contributed by atoms with Crippen molar-refractivity contribution in [3.05, 3.63) is 23.5 Å². The van der Waals surface area contributed by atoms with Crippen LogP contribution in [0.5, 0.6) is 0 Å². The van der Waals surface area contributed by atoms with Gasteiger partial charge in [0.2, 0.25) is 5.95 Å². The molecule has 0 spiro atoms. The van der Waals surface area contributed by atoms with Crippen molar-refractivity contribution in [2.24, 2.45) is 0 Å². The number of hydrogen-bond acceptors (Lipinski definition) is 4. The Kier molecular flexibility index (Phi) is 1.98. The van der Waals surface area contributed by atoms with E-state index in [9.17, 15) is 0 Å². The number of nitrogens with zero attached hydrogens (tertiary/aromatic N) is 3. The molecule has 13 heavy (non-hydrogen) atoms. The van der Waals surface area contributed by atoms with Crippen LogP contribution >= 0.6 is 11.6 Å². The van der Waals surface area contributed by atoms with Gasteiger partial charge in [-0.2, -0.15) is 0 Å². The molecule has 0 atom stereocenters. The van der Waals surface area contributed by atoms with Crippen molar-refractivity contribution in [3.63, 3.8) is 0 Å². The van der Waals surface area contributed by atoms with Gasteiger partial charge in [-0.1, -0.05) is 11.6 Å². The van der Waals surface area contributed by atoms with Crippen LogP contribution in [-0.4, -0.2) is 22.0 Å². The minimum Gasteiger partial charge on any atom is -0.357 e. The van der Waals surface area contributed by atoms with E-state index < -0.39 is 0 Å². The van der Waals surface area contributed by atoms with Crippen LogP contribution in [0.4, 0.5) is 5.95 Å². The summed E-state index contributed by atoms with van der Waals surface area (Å²) >= 11 is 5.71. The van der Waals surface area contributed by atoms with Crippen LogP contribution in [0.15, 0.2) is 18.3 Å². The Labute approximate surface area is 80.0 Å². The predicted octanol–water partition coefficient (Wildman–Crippen LogP) is 1.72. The quantitative estimate of drug-likeness (QED) is 0.703. The zero-order chi connectivity index (χ0) is 9.26. The van der Waals surface area contributed by atoms with E-state index in [1.807, 2.05) is 6.07 Å². The average molecular weight is 195 g/mol. The Balaban J connectivity index is 2.66. The molecule has 0 fully saturated rings. The lowest BCUT2D eigenvalue weighted by Gasteiger charge is -1.99. The van der Waals surface area contributed by atoms with Crippen LogP contribution in [0.25, 0.3) is 11.0 Å². The molecule has 0 bridgehead atoms. The molecule has 66 valence electrons. The molecular weight excluding hydrogens is 188 g/mol. The summed E-state index contributed by atoms with van der Waals surface area (Å²) in [4.78, 5) is 12.3. The van der Waals surface area contributed by atoms with Crippen molar-refractivity contribution in [1.82, 2.24) is 15.0 Å². The van der Waals surface area contributed by atoms with Crippen molar-refractivity contribution < 1.29 is 0 Å². The molecule has 2 rings (SSSR count). The van der Waals surface area contributed by atoms with Gasteiger partial charge < -0.3 is 5.32 Å². The first-order valence-electron chi connectivity index (χ1n) is 3.76. The van der Waals surface area contributed by atoms with Crippen LogP contribution in [0.1, 0.15) is 0 Å². The molecule has 0 radical (unpaired) electrons. The van der Waals surface area contributed by atoms with E-state index in [0.717, 1.165) is 5.52 Å². The minimum atomic E-state index is 0.452. The Bertz CT molecular complexity index is 443. The molecule has 0 unspecified atom stereocenters. The highest BCUT2D eigenvalue weighted by Gasteiger charge is 1.99. The van der Waals surface area contributed by atoms with Crippen LogP contribution in [-0.2, 0) is 0 Å². The number of aromatic nitrogens is 3. The monoisotopic (exact) mass is 194 g/mol. The lowest BCUT2D eigenvalue weighted by Crippen LogP contribution is -1.96. The first-order valence-corrected chi connectivity index (χ1v) is 4.14. The first kappa shape index (κ1) is 8.19. The van der Waals surface area contributed by atoms with E-state index in [0.29, 0.717) is 16.6 Å². The molecule has 0 saturated carbocycles. The highest BCUT2D eigenvalue weighted by molar-refractivity contribution is 6.29. The first-order chi connectivity index (χ1) is 6.29. The van der Waals surface area contributed by atoms with E-state index in [2.05, 4.69) is 20.3 Å². The van der Waals surface area contributed by atoms with Crippen LogP contribution < -0.4 is 5.32 Å². The summed E-state index contributed by atoms with van der Waals surface area (Å²) in [6, 6.07) is 3.52. The lowest BCUT2D eigenvalue weighted by molar-refractivity contribution is 1.18. The second-order valence-corrected chi connectivity index (χ2v) is 2.87. The van der Waals surface area contributed by atoms with E-state index in [1.165, 1.54) is 0 Å². The number of hydrogen-bond donors (Lipinski definition) is 1. The Morgan fingerprint density at radius 2 is 2.08 bits per heavy atom. The Morgan fingerprint density at radius 3 is 2.85 bits per heavy atom. The fraction of sp³-hybridized carbons (Fsp3) is 0.125. The maximum atomic E-state index is 5.71. The largest absolute Gasteiger partial charge is 0.357 e. The van der Waals surface area contributed by atoms with Gasteiger partial charge in [-0.15, -0.1) is 0 Å². The molecule has 2 aromatic heterocycles. The van der Waals surface area contributed by atoms with Gasteiger partial charge in [0.15, 0.2) is 0 Å². The summed E-state index contributed by atoms with van der Waals surface area (Å²) in [5, 5.41) is 3.30. The molecule has 2 heterocycles. The summed E-state index contributed by atoms with van der Waals surface area (Å²) < 4.78 is 0. The predicted molar refractivity (Wildman–Crippen MR) is 51.9 cm³/mol. The molecule has 0 aliphatic heterocycles. The third-order valence-corrected chi connectivity index (χ3v) is 1.84. The van der Waals surface area contributed by atoms with Crippen molar-refractivity contribution in [2.75, 3.05) is 12.4 Å². The maximum Gasteiger partial charge on any atom is 0.223 e. The molecule has 2 aromatic rings. The molecule has 0 aliphatic carbocycles. The highest BCUT2D eigenvalue weighted by Crippen LogP contribution is 2.13. The second kappa shape index (κ2) is 3.14. The number of rotatable bonds is 1. The summed E-state index contributed by atoms with van der Waals surface area (Å²) in [6.45, 7) is 0.